The summed E-state index contributed by atoms with van der Waals surface area (Å²) in [5.41, 5.74) is 5.21. The van der Waals surface area contributed by atoms with Crippen LogP contribution in [0.1, 0.15) is 24.8 Å². The van der Waals surface area contributed by atoms with Gasteiger partial charge in [-0.2, -0.15) is 0 Å². The molecule has 1 saturated carbocycles. The maximum Gasteiger partial charge on any atom is 0.276 e. The van der Waals surface area contributed by atoms with Gasteiger partial charge in [0.25, 0.3) is 5.91 Å². The Morgan fingerprint density at radius 1 is 1.04 bits per heavy atom. The van der Waals surface area contributed by atoms with Crippen molar-refractivity contribution < 1.29 is 23.5 Å². The highest BCUT2D eigenvalue weighted by Gasteiger charge is 2.45. The van der Waals surface area contributed by atoms with Gasteiger partial charge in [0.2, 0.25) is 5.91 Å². The maximum absolute atomic E-state index is 13.8. The highest BCUT2D eigenvalue weighted by atomic mass is 19.1. The number of carbonyl (C=O) groups excluding carboxylic acids is 2. The number of halogens is 1. The lowest BCUT2D eigenvalue weighted by Gasteiger charge is -2.12. The van der Waals surface area contributed by atoms with Gasteiger partial charge in [0, 0.05) is 5.92 Å². The molecule has 142 valence electrons. The van der Waals surface area contributed by atoms with E-state index in [0.29, 0.717) is 30.1 Å². The Labute approximate surface area is 156 Å². The number of nitrogens with one attached hydrogen (secondary N) is 2. The van der Waals surface area contributed by atoms with Crippen molar-refractivity contribution in [1.82, 2.24) is 10.9 Å². The van der Waals surface area contributed by atoms with Crippen LogP contribution in [0.3, 0.4) is 0 Å². The Bertz CT molecular complexity index is 827. The molecule has 27 heavy (non-hydrogen) atoms. The first-order valence-electron chi connectivity index (χ1n) is 8.78. The van der Waals surface area contributed by atoms with E-state index in [2.05, 4.69) is 10.9 Å². The fraction of sp³-hybridized carbons (Fsp3) is 0.300. The first-order chi connectivity index (χ1) is 13.1. The fourth-order valence-corrected chi connectivity index (χ4v) is 2.85. The summed E-state index contributed by atoms with van der Waals surface area (Å²) in [6, 6.07) is 13.4. The van der Waals surface area contributed by atoms with Crippen LogP contribution in [-0.4, -0.2) is 25.0 Å². The molecule has 0 saturated heterocycles. The maximum atomic E-state index is 13.8. The monoisotopic (exact) mass is 372 g/mol. The summed E-state index contributed by atoms with van der Waals surface area (Å²) >= 11 is 0. The van der Waals surface area contributed by atoms with E-state index in [1.54, 1.807) is 42.5 Å². The molecule has 2 N–H and O–H groups in total. The standard InChI is InChI=1S/C20H21FN2O4/c1-2-26-17-9-5-6-10-18(17)27-12-19(24)22-23-20(25)15-11-14(15)13-7-3-4-8-16(13)21/h3-10,14-15H,2,11-12H2,1H3,(H,22,24)(H,23,25). The number of benzene rings is 2. The smallest absolute Gasteiger partial charge is 0.276 e. The highest BCUT2D eigenvalue weighted by molar-refractivity contribution is 5.86. The Morgan fingerprint density at radius 2 is 1.70 bits per heavy atom. The Kier molecular flexibility index (Phi) is 5.90. The van der Waals surface area contributed by atoms with Gasteiger partial charge in [-0.3, -0.25) is 20.4 Å². The minimum atomic E-state index is -0.502. The Hall–Kier alpha value is -3.09. The van der Waals surface area contributed by atoms with Crippen LogP contribution < -0.4 is 20.3 Å². The predicted octanol–water partition coefficient (Wildman–Crippen LogP) is 2.55. The van der Waals surface area contributed by atoms with E-state index in [4.69, 9.17) is 9.47 Å². The topological polar surface area (TPSA) is 76.7 Å². The van der Waals surface area contributed by atoms with Crippen molar-refractivity contribution in [2.75, 3.05) is 13.2 Å². The summed E-state index contributed by atoms with van der Waals surface area (Å²) in [4.78, 5) is 24.0. The van der Waals surface area contributed by atoms with Gasteiger partial charge in [-0.15, -0.1) is 0 Å². The minimum Gasteiger partial charge on any atom is -0.490 e. The van der Waals surface area contributed by atoms with Gasteiger partial charge in [0.1, 0.15) is 5.82 Å². The normalized spacial score (nSPS) is 17.7. The number of rotatable bonds is 7. The molecule has 1 fully saturated rings. The minimum absolute atomic E-state index is 0.155. The van der Waals surface area contributed by atoms with E-state index in [-0.39, 0.29) is 30.2 Å². The summed E-state index contributed by atoms with van der Waals surface area (Å²) in [7, 11) is 0. The van der Waals surface area contributed by atoms with E-state index in [9.17, 15) is 14.0 Å². The van der Waals surface area contributed by atoms with Crippen molar-refractivity contribution in [3.8, 4) is 11.5 Å². The van der Waals surface area contributed by atoms with Crippen LogP contribution in [0.25, 0.3) is 0 Å². The van der Waals surface area contributed by atoms with Gasteiger partial charge in [-0.05, 0) is 43.0 Å². The molecule has 3 rings (SSSR count). The van der Waals surface area contributed by atoms with Crippen molar-refractivity contribution in [1.29, 1.82) is 0 Å². The van der Waals surface area contributed by atoms with E-state index in [0.717, 1.165) is 0 Å². The van der Waals surface area contributed by atoms with Crippen molar-refractivity contribution in [2.24, 2.45) is 5.92 Å². The van der Waals surface area contributed by atoms with Gasteiger partial charge in [-0.1, -0.05) is 30.3 Å². The zero-order valence-electron chi connectivity index (χ0n) is 14.9. The molecule has 2 atom stereocenters. The summed E-state index contributed by atoms with van der Waals surface area (Å²) in [5.74, 6) is -0.670. The van der Waals surface area contributed by atoms with Gasteiger partial charge >= 0.3 is 0 Å². The second-order valence-corrected chi connectivity index (χ2v) is 6.18. The van der Waals surface area contributed by atoms with Crippen LogP contribution in [-0.2, 0) is 9.59 Å². The molecule has 0 radical (unpaired) electrons. The summed E-state index contributed by atoms with van der Waals surface area (Å²) < 4.78 is 24.6. The molecule has 0 spiro atoms. The van der Waals surface area contributed by atoms with E-state index in [1.807, 2.05) is 6.92 Å². The molecule has 2 amide bonds. The van der Waals surface area contributed by atoms with Crippen LogP contribution in [0.15, 0.2) is 48.5 Å². The number of hydrogen-bond acceptors (Lipinski definition) is 4. The lowest BCUT2D eigenvalue weighted by molar-refractivity contribution is -0.130. The molecular formula is C20H21FN2O4. The molecule has 0 heterocycles. The number of para-hydroxylation sites is 2. The average Bonchev–Trinajstić information content (AvgIpc) is 3.47. The third-order valence-electron chi connectivity index (χ3n) is 4.26. The first-order valence-corrected chi connectivity index (χ1v) is 8.78. The molecular weight excluding hydrogens is 351 g/mol. The second kappa shape index (κ2) is 8.53. The van der Waals surface area contributed by atoms with Gasteiger partial charge in [0.15, 0.2) is 18.1 Å². The molecule has 2 unspecified atom stereocenters. The van der Waals surface area contributed by atoms with Crippen LogP contribution in [0, 0.1) is 11.7 Å². The number of hydrazine groups is 1. The average molecular weight is 372 g/mol. The summed E-state index contributed by atoms with van der Waals surface area (Å²) in [6.07, 6.45) is 0.556. The van der Waals surface area contributed by atoms with Crippen molar-refractivity contribution in [3.63, 3.8) is 0 Å². The van der Waals surface area contributed by atoms with E-state index >= 15 is 0 Å². The van der Waals surface area contributed by atoms with Gasteiger partial charge in [0.05, 0.1) is 6.61 Å². The quantitative estimate of drug-likeness (QED) is 0.733. The Balaban J connectivity index is 1.44. The third kappa shape index (κ3) is 4.75. The van der Waals surface area contributed by atoms with Crippen molar-refractivity contribution in [2.45, 2.75) is 19.3 Å². The number of hydrogen-bond donors (Lipinski definition) is 2. The van der Waals surface area contributed by atoms with Crippen LogP contribution in [0.4, 0.5) is 4.39 Å². The summed E-state index contributed by atoms with van der Waals surface area (Å²) in [5, 5.41) is 0. The van der Waals surface area contributed by atoms with E-state index < -0.39 is 5.91 Å². The molecule has 1 aliphatic rings. The summed E-state index contributed by atoms with van der Waals surface area (Å²) in [6.45, 7) is 2.06. The number of carbonyl (C=O) groups is 2. The zero-order valence-corrected chi connectivity index (χ0v) is 14.9. The lowest BCUT2D eigenvalue weighted by atomic mass is 10.1. The van der Waals surface area contributed by atoms with Crippen LogP contribution in [0.2, 0.25) is 0 Å². The van der Waals surface area contributed by atoms with E-state index in [1.165, 1.54) is 6.07 Å². The fourth-order valence-electron chi connectivity index (χ4n) is 2.85. The zero-order chi connectivity index (χ0) is 19.2. The molecule has 0 bridgehead atoms. The number of ether oxygens (including phenoxy) is 2. The molecule has 2 aromatic carbocycles. The van der Waals surface area contributed by atoms with Crippen LogP contribution >= 0.6 is 0 Å². The Morgan fingerprint density at radius 3 is 2.41 bits per heavy atom. The molecule has 6 nitrogen and oxygen atoms in total. The SMILES string of the molecule is CCOc1ccccc1OCC(=O)NNC(=O)C1CC1c1ccccc1F. The van der Waals surface area contributed by atoms with Gasteiger partial charge < -0.3 is 9.47 Å². The molecule has 0 aliphatic heterocycles. The predicted molar refractivity (Wildman–Crippen MR) is 96.6 cm³/mol. The van der Waals surface area contributed by atoms with Gasteiger partial charge in [-0.25, -0.2) is 4.39 Å². The first kappa shape index (κ1) is 18.7. The lowest BCUT2D eigenvalue weighted by Crippen LogP contribution is -2.44. The molecule has 2 aromatic rings. The second-order valence-electron chi connectivity index (χ2n) is 6.18. The van der Waals surface area contributed by atoms with Crippen molar-refractivity contribution >= 4 is 11.8 Å². The molecule has 1 aliphatic carbocycles. The largest absolute Gasteiger partial charge is 0.490 e. The van der Waals surface area contributed by atoms with Crippen molar-refractivity contribution in [3.05, 3.63) is 59.9 Å². The number of amides is 2. The molecule has 0 aromatic heterocycles. The highest BCUT2D eigenvalue weighted by Crippen LogP contribution is 2.48. The third-order valence-corrected chi connectivity index (χ3v) is 4.26. The molecule has 7 heteroatoms. The van der Waals surface area contributed by atoms with Crippen LogP contribution in [0.5, 0.6) is 11.5 Å².